The van der Waals surface area contributed by atoms with E-state index in [0.29, 0.717) is 5.56 Å². The van der Waals surface area contributed by atoms with Crippen molar-refractivity contribution in [1.29, 1.82) is 5.26 Å². The molecule has 0 spiro atoms. The summed E-state index contributed by atoms with van der Waals surface area (Å²) in [6, 6.07) is 7.57. The highest BCUT2D eigenvalue weighted by Gasteiger charge is 2.19. The van der Waals surface area contributed by atoms with Crippen LogP contribution in [0.15, 0.2) is 24.3 Å². The summed E-state index contributed by atoms with van der Waals surface area (Å²) >= 11 is 0. The van der Waals surface area contributed by atoms with E-state index in [0.717, 1.165) is 7.11 Å². The molecule has 0 heterocycles. The number of hydrogen-bond donors (Lipinski definition) is 0. The summed E-state index contributed by atoms with van der Waals surface area (Å²) in [4.78, 5) is 10.8. The normalized spacial score (nSPS) is 11.5. The van der Waals surface area contributed by atoms with E-state index in [9.17, 15) is 9.18 Å². The first kappa shape index (κ1) is 10.2. The van der Waals surface area contributed by atoms with E-state index in [2.05, 4.69) is 4.74 Å². The molecule has 14 heavy (non-hydrogen) atoms. The van der Waals surface area contributed by atoms with E-state index >= 15 is 0 Å². The van der Waals surface area contributed by atoms with E-state index in [-0.39, 0.29) is 5.56 Å². The number of nitriles is 1. The van der Waals surface area contributed by atoms with Gasteiger partial charge in [-0.25, -0.2) is 9.18 Å². The molecular weight excluding hydrogens is 185 g/mol. The van der Waals surface area contributed by atoms with Gasteiger partial charge in [0.15, 0.2) is 0 Å². The summed E-state index contributed by atoms with van der Waals surface area (Å²) in [6.07, 6.45) is -1.78. The molecule has 0 bridgehead atoms. The van der Waals surface area contributed by atoms with E-state index in [1.807, 2.05) is 6.07 Å². The van der Waals surface area contributed by atoms with Crippen LogP contribution in [0.1, 0.15) is 17.3 Å². The van der Waals surface area contributed by atoms with E-state index < -0.39 is 12.1 Å². The molecule has 1 atom stereocenters. The third-order valence-corrected chi connectivity index (χ3v) is 1.74. The fraction of sp³-hybridized carbons (Fsp3) is 0.200. The maximum atomic E-state index is 13.2. The highest BCUT2D eigenvalue weighted by molar-refractivity contribution is 5.76. The lowest BCUT2D eigenvalue weighted by Crippen LogP contribution is -2.09. The van der Waals surface area contributed by atoms with Gasteiger partial charge >= 0.3 is 5.97 Å². The van der Waals surface area contributed by atoms with Crippen LogP contribution in [0.2, 0.25) is 0 Å². The minimum Gasteiger partial charge on any atom is -0.467 e. The number of esters is 1. The van der Waals surface area contributed by atoms with Gasteiger partial charge in [0.05, 0.1) is 18.7 Å². The Kier molecular flexibility index (Phi) is 3.19. The predicted molar refractivity (Wildman–Crippen MR) is 47.0 cm³/mol. The topological polar surface area (TPSA) is 50.1 Å². The van der Waals surface area contributed by atoms with Crippen LogP contribution in [0.5, 0.6) is 0 Å². The van der Waals surface area contributed by atoms with Crippen molar-refractivity contribution < 1.29 is 13.9 Å². The first-order valence-electron chi connectivity index (χ1n) is 3.91. The molecule has 0 aromatic heterocycles. The average Bonchev–Trinajstić information content (AvgIpc) is 2.27. The number of alkyl halides is 1. The highest BCUT2D eigenvalue weighted by Crippen LogP contribution is 2.18. The van der Waals surface area contributed by atoms with Crippen LogP contribution >= 0.6 is 0 Å². The third-order valence-electron chi connectivity index (χ3n) is 1.74. The molecule has 0 aliphatic rings. The van der Waals surface area contributed by atoms with Crippen molar-refractivity contribution in [2.45, 2.75) is 6.17 Å². The Balaban J connectivity index is 2.88. The van der Waals surface area contributed by atoms with Gasteiger partial charge < -0.3 is 4.74 Å². The Labute approximate surface area is 80.7 Å². The van der Waals surface area contributed by atoms with Gasteiger partial charge in [-0.15, -0.1) is 0 Å². The number of carbonyl (C=O) groups is 1. The fourth-order valence-corrected chi connectivity index (χ4v) is 0.966. The number of nitrogens with zero attached hydrogens (tertiary/aromatic N) is 1. The van der Waals surface area contributed by atoms with Crippen LogP contribution in [-0.4, -0.2) is 13.1 Å². The molecule has 4 heteroatoms. The minimum absolute atomic E-state index is 0.191. The maximum Gasteiger partial charge on any atom is 0.345 e. The van der Waals surface area contributed by atoms with Gasteiger partial charge in [-0.05, 0) is 17.7 Å². The number of carbonyl (C=O) groups excluding carboxylic acids is 1. The van der Waals surface area contributed by atoms with E-state index in [1.165, 1.54) is 24.3 Å². The molecule has 1 aromatic carbocycles. The molecule has 0 saturated carbocycles. The van der Waals surface area contributed by atoms with Crippen molar-refractivity contribution in [3.05, 3.63) is 35.4 Å². The molecule has 0 amide bonds. The standard InChI is InChI=1S/C10H8FNO2/c1-14-10(13)9(11)8-4-2-7(6-12)3-5-8/h2-5,9H,1H3. The van der Waals surface area contributed by atoms with Crippen LogP contribution in [0.4, 0.5) is 4.39 Å². The quantitative estimate of drug-likeness (QED) is 0.672. The lowest BCUT2D eigenvalue weighted by Gasteiger charge is -2.05. The number of ether oxygens (including phenoxy) is 1. The number of rotatable bonds is 2. The van der Waals surface area contributed by atoms with Gasteiger partial charge in [-0.3, -0.25) is 0 Å². The Morgan fingerprint density at radius 1 is 1.50 bits per heavy atom. The molecule has 0 aliphatic carbocycles. The van der Waals surface area contributed by atoms with Gasteiger partial charge in [0.1, 0.15) is 0 Å². The van der Waals surface area contributed by atoms with Crippen molar-refractivity contribution in [3.63, 3.8) is 0 Å². The number of benzene rings is 1. The third kappa shape index (κ3) is 2.07. The first-order chi connectivity index (χ1) is 6.69. The lowest BCUT2D eigenvalue weighted by molar-refractivity contribution is -0.146. The zero-order valence-corrected chi connectivity index (χ0v) is 7.53. The second kappa shape index (κ2) is 4.38. The van der Waals surface area contributed by atoms with Crippen molar-refractivity contribution in [1.82, 2.24) is 0 Å². The second-order valence-corrected chi connectivity index (χ2v) is 2.62. The molecule has 0 N–H and O–H groups in total. The van der Waals surface area contributed by atoms with E-state index in [4.69, 9.17) is 5.26 Å². The lowest BCUT2D eigenvalue weighted by atomic mass is 10.1. The van der Waals surface area contributed by atoms with Crippen molar-refractivity contribution >= 4 is 5.97 Å². The molecule has 1 rings (SSSR count). The summed E-state index contributed by atoms with van der Waals surface area (Å²) in [5, 5.41) is 8.49. The predicted octanol–water partition coefficient (Wildman–Crippen LogP) is 1.74. The Bertz CT molecular complexity index is 367. The molecule has 0 fully saturated rings. The van der Waals surface area contributed by atoms with Gasteiger partial charge in [0.2, 0.25) is 6.17 Å². The van der Waals surface area contributed by atoms with Gasteiger partial charge in [0.25, 0.3) is 0 Å². The Morgan fingerprint density at radius 3 is 2.50 bits per heavy atom. The van der Waals surface area contributed by atoms with Gasteiger partial charge in [-0.1, -0.05) is 12.1 Å². The zero-order valence-electron chi connectivity index (χ0n) is 7.53. The summed E-state index contributed by atoms with van der Waals surface area (Å²) in [7, 11) is 1.12. The second-order valence-electron chi connectivity index (χ2n) is 2.62. The molecule has 1 aromatic rings. The number of halogens is 1. The molecule has 1 unspecified atom stereocenters. The Hall–Kier alpha value is -1.89. The number of hydrogen-bond acceptors (Lipinski definition) is 3. The van der Waals surface area contributed by atoms with Crippen LogP contribution in [0.25, 0.3) is 0 Å². The summed E-state index contributed by atoms with van der Waals surface area (Å²) in [5.41, 5.74) is 0.613. The zero-order chi connectivity index (χ0) is 10.6. The SMILES string of the molecule is COC(=O)C(F)c1ccc(C#N)cc1. The average molecular weight is 193 g/mol. The molecule has 3 nitrogen and oxygen atoms in total. The van der Waals surface area contributed by atoms with Crippen LogP contribution in [0, 0.1) is 11.3 Å². The number of methoxy groups -OCH3 is 1. The van der Waals surface area contributed by atoms with Gasteiger partial charge in [-0.2, -0.15) is 5.26 Å². The largest absolute Gasteiger partial charge is 0.467 e. The monoisotopic (exact) mass is 193 g/mol. The molecule has 0 saturated heterocycles. The molecule has 0 aliphatic heterocycles. The fourth-order valence-electron chi connectivity index (χ4n) is 0.966. The maximum absolute atomic E-state index is 13.2. The summed E-state index contributed by atoms with van der Waals surface area (Å²) in [6.45, 7) is 0. The van der Waals surface area contributed by atoms with Crippen LogP contribution in [-0.2, 0) is 9.53 Å². The van der Waals surface area contributed by atoms with Crippen molar-refractivity contribution in [2.24, 2.45) is 0 Å². The molecular formula is C10H8FNO2. The van der Waals surface area contributed by atoms with Crippen molar-refractivity contribution in [2.75, 3.05) is 7.11 Å². The first-order valence-corrected chi connectivity index (χ1v) is 3.91. The van der Waals surface area contributed by atoms with Crippen LogP contribution in [0.3, 0.4) is 0 Å². The molecule has 0 radical (unpaired) electrons. The molecule has 72 valence electrons. The summed E-state index contributed by atoms with van der Waals surface area (Å²) < 4.78 is 17.5. The highest BCUT2D eigenvalue weighted by atomic mass is 19.1. The van der Waals surface area contributed by atoms with Gasteiger partial charge in [0, 0.05) is 0 Å². The minimum atomic E-state index is -1.78. The smallest absolute Gasteiger partial charge is 0.345 e. The Morgan fingerprint density at radius 2 is 2.07 bits per heavy atom. The van der Waals surface area contributed by atoms with Crippen molar-refractivity contribution in [3.8, 4) is 6.07 Å². The van der Waals surface area contributed by atoms with Crippen LogP contribution < -0.4 is 0 Å². The summed E-state index contributed by atoms with van der Waals surface area (Å²) in [5.74, 6) is -0.935. The van der Waals surface area contributed by atoms with E-state index in [1.54, 1.807) is 0 Å².